The number of rotatable bonds is 6. The summed E-state index contributed by atoms with van der Waals surface area (Å²) >= 11 is 5.99. The van der Waals surface area contributed by atoms with Crippen LogP contribution in [0.4, 0.5) is 11.4 Å². The summed E-state index contributed by atoms with van der Waals surface area (Å²) < 4.78 is 6.28. The Bertz CT molecular complexity index is 1210. The first kappa shape index (κ1) is 22.0. The maximum absolute atomic E-state index is 12.5. The van der Waals surface area contributed by atoms with Crippen LogP contribution in [-0.2, 0) is 16.1 Å². The van der Waals surface area contributed by atoms with Crippen LogP contribution in [0.25, 0.3) is 11.3 Å². The van der Waals surface area contributed by atoms with Gasteiger partial charge in [0.1, 0.15) is 12.3 Å². The van der Waals surface area contributed by atoms with E-state index in [0.717, 1.165) is 10.2 Å². The lowest BCUT2D eigenvalue weighted by Crippen LogP contribution is -2.29. The third-order valence-corrected chi connectivity index (χ3v) is 4.67. The van der Waals surface area contributed by atoms with Gasteiger partial charge in [-0.1, -0.05) is 23.7 Å². The standard InChI is InChI=1S/C22H21ClN4O4/c1-13-4-5-15(10-18(13)24-14(2)28)17-7-9-22(30)27(26-17)12-21(29)25-19-11-16(23)6-8-20(19)31-3/h4-11H,12H2,1-3H3,(H,24,28)(H,25,29). The molecule has 0 spiro atoms. The van der Waals surface area contributed by atoms with Crippen molar-refractivity contribution >= 4 is 34.8 Å². The highest BCUT2D eigenvalue weighted by Gasteiger charge is 2.12. The van der Waals surface area contributed by atoms with Crippen molar-refractivity contribution in [2.24, 2.45) is 0 Å². The van der Waals surface area contributed by atoms with Crippen LogP contribution in [0.15, 0.2) is 53.3 Å². The normalized spacial score (nSPS) is 10.5. The first-order chi connectivity index (χ1) is 14.8. The average Bonchev–Trinajstić information content (AvgIpc) is 2.71. The second-order valence-corrected chi connectivity index (χ2v) is 7.25. The minimum atomic E-state index is -0.463. The van der Waals surface area contributed by atoms with Crippen molar-refractivity contribution in [3.05, 3.63) is 69.5 Å². The Labute approximate surface area is 183 Å². The molecule has 0 saturated carbocycles. The van der Waals surface area contributed by atoms with E-state index < -0.39 is 11.5 Å². The Morgan fingerprint density at radius 3 is 2.55 bits per heavy atom. The highest BCUT2D eigenvalue weighted by atomic mass is 35.5. The van der Waals surface area contributed by atoms with Gasteiger partial charge < -0.3 is 15.4 Å². The van der Waals surface area contributed by atoms with E-state index in [0.29, 0.717) is 33.4 Å². The van der Waals surface area contributed by atoms with Gasteiger partial charge in [-0.2, -0.15) is 5.10 Å². The third kappa shape index (κ3) is 5.49. The van der Waals surface area contributed by atoms with Crippen LogP contribution in [0, 0.1) is 6.92 Å². The minimum Gasteiger partial charge on any atom is -0.495 e. The van der Waals surface area contributed by atoms with Crippen molar-refractivity contribution in [1.29, 1.82) is 0 Å². The van der Waals surface area contributed by atoms with Crippen LogP contribution in [-0.4, -0.2) is 28.7 Å². The molecular weight excluding hydrogens is 420 g/mol. The van der Waals surface area contributed by atoms with Gasteiger partial charge >= 0.3 is 0 Å². The lowest BCUT2D eigenvalue weighted by molar-refractivity contribution is -0.117. The molecule has 1 aromatic heterocycles. The number of aryl methyl sites for hydroxylation is 1. The number of carbonyl (C=O) groups excluding carboxylic acids is 2. The lowest BCUT2D eigenvalue weighted by Gasteiger charge is -2.12. The highest BCUT2D eigenvalue weighted by molar-refractivity contribution is 6.31. The van der Waals surface area contributed by atoms with Crippen LogP contribution in [0.3, 0.4) is 0 Å². The Hall–Kier alpha value is -3.65. The molecule has 31 heavy (non-hydrogen) atoms. The fraction of sp³-hybridized carbons (Fsp3) is 0.182. The summed E-state index contributed by atoms with van der Waals surface area (Å²) in [6.45, 7) is 3.00. The first-order valence-electron chi connectivity index (χ1n) is 9.37. The van der Waals surface area contributed by atoms with Gasteiger partial charge in [-0.05, 0) is 42.8 Å². The third-order valence-electron chi connectivity index (χ3n) is 4.44. The van der Waals surface area contributed by atoms with E-state index in [2.05, 4.69) is 15.7 Å². The largest absolute Gasteiger partial charge is 0.495 e. The molecule has 0 unspecified atom stereocenters. The van der Waals surface area contributed by atoms with Gasteiger partial charge in [-0.3, -0.25) is 14.4 Å². The molecule has 0 fully saturated rings. The molecule has 3 aromatic rings. The topological polar surface area (TPSA) is 102 Å². The van der Waals surface area contributed by atoms with Gasteiger partial charge in [0.25, 0.3) is 5.56 Å². The van der Waals surface area contributed by atoms with Crippen molar-refractivity contribution < 1.29 is 14.3 Å². The predicted molar refractivity (Wildman–Crippen MR) is 120 cm³/mol. The first-order valence-corrected chi connectivity index (χ1v) is 9.75. The minimum absolute atomic E-state index is 0.189. The van der Waals surface area contributed by atoms with Gasteiger partial charge in [0.05, 0.1) is 18.5 Å². The van der Waals surface area contributed by atoms with E-state index in [-0.39, 0.29) is 12.5 Å². The van der Waals surface area contributed by atoms with Crippen molar-refractivity contribution in [2.75, 3.05) is 17.7 Å². The monoisotopic (exact) mass is 440 g/mol. The maximum Gasteiger partial charge on any atom is 0.267 e. The SMILES string of the molecule is COc1ccc(Cl)cc1NC(=O)Cn1nc(-c2ccc(C)c(NC(C)=O)c2)ccc1=O. The average molecular weight is 441 g/mol. The molecule has 160 valence electrons. The molecule has 2 aromatic carbocycles. The molecule has 0 bridgehead atoms. The molecule has 2 N–H and O–H groups in total. The van der Waals surface area contributed by atoms with Gasteiger partial charge in [0.2, 0.25) is 11.8 Å². The van der Waals surface area contributed by atoms with Gasteiger partial charge in [-0.15, -0.1) is 0 Å². The number of benzene rings is 2. The van der Waals surface area contributed by atoms with Crippen LogP contribution >= 0.6 is 11.6 Å². The number of carbonyl (C=O) groups is 2. The van der Waals surface area contributed by atoms with Gasteiger partial charge in [0, 0.05) is 29.3 Å². The Kier molecular flexibility index (Phi) is 6.71. The van der Waals surface area contributed by atoms with E-state index in [4.69, 9.17) is 16.3 Å². The summed E-state index contributed by atoms with van der Waals surface area (Å²) in [5.74, 6) is -0.210. The number of anilines is 2. The summed E-state index contributed by atoms with van der Waals surface area (Å²) in [5, 5.41) is 10.2. The lowest BCUT2D eigenvalue weighted by atomic mass is 10.1. The second-order valence-electron chi connectivity index (χ2n) is 6.82. The molecular formula is C22H21ClN4O4. The van der Waals surface area contributed by atoms with E-state index >= 15 is 0 Å². The molecule has 0 atom stereocenters. The van der Waals surface area contributed by atoms with Crippen LogP contribution < -0.4 is 20.9 Å². The van der Waals surface area contributed by atoms with Gasteiger partial charge in [-0.25, -0.2) is 4.68 Å². The van der Waals surface area contributed by atoms with Crippen molar-refractivity contribution in [3.63, 3.8) is 0 Å². The summed E-state index contributed by atoms with van der Waals surface area (Å²) in [5.41, 5.74) is 2.69. The smallest absolute Gasteiger partial charge is 0.267 e. The highest BCUT2D eigenvalue weighted by Crippen LogP contribution is 2.27. The molecule has 1 heterocycles. The zero-order valence-corrected chi connectivity index (χ0v) is 18.0. The van der Waals surface area contributed by atoms with Crippen molar-refractivity contribution in [1.82, 2.24) is 9.78 Å². The number of nitrogens with one attached hydrogen (secondary N) is 2. The zero-order chi connectivity index (χ0) is 22.5. The molecule has 0 saturated heterocycles. The number of amides is 2. The number of methoxy groups -OCH3 is 1. The predicted octanol–water partition coefficient (Wildman–Crippen LogP) is 3.48. The molecule has 0 aliphatic heterocycles. The van der Waals surface area contributed by atoms with E-state index in [9.17, 15) is 14.4 Å². The summed E-state index contributed by atoms with van der Waals surface area (Å²) in [6.07, 6.45) is 0. The summed E-state index contributed by atoms with van der Waals surface area (Å²) in [7, 11) is 1.48. The number of halogens is 1. The van der Waals surface area contributed by atoms with Crippen LogP contribution in [0.1, 0.15) is 12.5 Å². The van der Waals surface area contributed by atoms with Crippen LogP contribution in [0.2, 0.25) is 5.02 Å². The quantitative estimate of drug-likeness (QED) is 0.611. The summed E-state index contributed by atoms with van der Waals surface area (Å²) in [4.78, 5) is 36.2. The fourth-order valence-corrected chi connectivity index (χ4v) is 3.10. The number of hydrogen-bond donors (Lipinski definition) is 2. The molecule has 0 aliphatic rings. The summed E-state index contributed by atoms with van der Waals surface area (Å²) in [6, 6.07) is 13.2. The Morgan fingerprint density at radius 2 is 1.84 bits per heavy atom. The van der Waals surface area contributed by atoms with E-state index in [1.165, 1.54) is 20.1 Å². The molecule has 0 radical (unpaired) electrons. The molecule has 8 nitrogen and oxygen atoms in total. The Morgan fingerprint density at radius 1 is 1.06 bits per heavy atom. The van der Waals surface area contributed by atoms with E-state index in [1.807, 2.05) is 19.1 Å². The fourth-order valence-electron chi connectivity index (χ4n) is 2.93. The zero-order valence-electron chi connectivity index (χ0n) is 17.2. The Balaban J connectivity index is 1.85. The number of aromatic nitrogens is 2. The molecule has 2 amide bonds. The number of ether oxygens (including phenoxy) is 1. The second kappa shape index (κ2) is 9.44. The van der Waals surface area contributed by atoms with Crippen molar-refractivity contribution in [2.45, 2.75) is 20.4 Å². The maximum atomic E-state index is 12.5. The molecule has 0 aliphatic carbocycles. The number of nitrogens with zero attached hydrogens (tertiary/aromatic N) is 2. The number of hydrogen-bond acceptors (Lipinski definition) is 5. The van der Waals surface area contributed by atoms with Crippen molar-refractivity contribution in [3.8, 4) is 17.0 Å². The molecule has 3 rings (SSSR count). The van der Waals surface area contributed by atoms with Gasteiger partial charge in [0.15, 0.2) is 0 Å². The van der Waals surface area contributed by atoms with E-state index in [1.54, 1.807) is 30.3 Å². The molecule has 9 heteroatoms. The van der Waals surface area contributed by atoms with Crippen LogP contribution in [0.5, 0.6) is 5.75 Å².